The molecule has 0 bridgehead atoms. The second-order valence-electron chi connectivity index (χ2n) is 4.95. The van der Waals surface area contributed by atoms with Crippen LogP contribution in [0, 0.1) is 6.92 Å². The number of aromatic nitrogens is 5. The van der Waals surface area contributed by atoms with E-state index in [2.05, 4.69) is 40.9 Å². The van der Waals surface area contributed by atoms with Gasteiger partial charge in [0.1, 0.15) is 0 Å². The van der Waals surface area contributed by atoms with E-state index >= 15 is 0 Å². The van der Waals surface area contributed by atoms with Crippen LogP contribution in [0.2, 0.25) is 10.6 Å². The molecule has 12 heteroatoms. The number of anilines is 2. The Kier molecular flexibility index (Phi) is 6.90. The van der Waals surface area contributed by atoms with Gasteiger partial charge < -0.3 is 10.6 Å². The van der Waals surface area contributed by atoms with E-state index in [1.807, 2.05) is 0 Å². The molecule has 0 aromatic carbocycles. The molecule has 0 unspecified atom stereocenters. The predicted octanol–water partition coefficient (Wildman–Crippen LogP) is 1.58. The molecule has 2 amide bonds. The second-order valence-corrected chi connectivity index (χ2v) is 5.62. The van der Waals surface area contributed by atoms with E-state index in [1.54, 1.807) is 6.92 Å². The number of rotatable bonds is 7. The average Bonchev–Trinajstić information content (AvgIpc) is 2.48. The minimum absolute atomic E-state index is 0.0173. The molecule has 2 heterocycles. The summed E-state index contributed by atoms with van der Waals surface area (Å²) in [5.41, 5.74) is 0.191. The van der Waals surface area contributed by atoms with E-state index < -0.39 is 6.03 Å². The number of H-pyrrole nitrogens is 1. The van der Waals surface area contributed by atoms with Crippen LogP contribution < -0.4 is 21.5 Å². The van der Waals surface area contributed by atoms with Crippen molar-refractivity contribution in [3.63, 3.8) is 0 Å². The third-order valence-electron chi connectivity index (χ3n) is 2.85. The van der Waals surface area contributed by atoms with Crippen LogP contribution in [0.25, 0.3) is 0 Å². The lowest BCUT2D eigenvalue weighted by Crippen LogP contribution is -2.31. The highest BCUT2D eigenvalue weighted by atomic mass is 35.5. The largest absolute Gasteiger partial charge is 0.354 e. The minimum atomic E-state index is -0.447. The zero-order valence-electron chi connectivity index (χ0n) is 13.3. The van der Waals surface area contributed by atoms with Gasteiger partial charge in [-0.1, -0.05) is 0 Å². The number of hydrogen-bond donors (Lipinski definition) is 4. The van der Waals surface area contributed by atoms with E-state index in [4.69, 9.17) is 23.2 Å². The van der Waals surface area contributed by atoms with Crippen molar-refractivity contribution in [3.05, 3.63) is 32.7 Å². The van der Waals surface area contributed by atoms with Crippen LogP contribution in [0.3, 0.4) is 0 Å². The van der Waals surface area contributed by atoms with E-state index in [0.29, 0.717) is 31.2 Å². The Hall–Kier alpha value is -2.46. The third kappa shape index (κ3) is 6.89. The molecule has 0 spiro atoms. The number of carbonyl (C=O) groups is 1. The maximum atomic E-state index is 11.7. The Bertz CT molecular complexity index is 778. The molecule has 0 aliphatic carbocycles. The van der Waals surface area contributed by atoms with Crippen LogP contribution in [0.1, 0.15) is 18.5 Å². The lowest BCUT2D eigenvalue weighted by molar-refractivity contribution is 0.251. The highest BCUT2D eigenvalue weighted by Crippen LogP contribution is 2.09. The Morgan fingerprint density at radius 3 is 2.48 bits per heavy atom. The number of hydrogen-bond acceptors (Lipinski definition) is 7. The Morgan fingerprint density at radius 1 is 1.12 bits per heavy atom. The van der Waals surface area contributed by atoms with Gasteiger partial charge in [0.05, 0.1) is 0 Å². The first kappa shape index (κ1) is 18.9. The molecule has 4 N–H and O–H groups in total. The van der Waals surface area contributed by atoms with Crippen LogP contribution in [0.15, 0.2) is 10.9 Å². The highest BCUT2D eigenvalue weighted by molar-refractivity contribution is 6.31. The van der Waals surface area contributed by atoms with Crippen molar-refractivity contribution in [1.82, 2.24) is 30.2 Å². The van der Waals surface area contributed by atoms with E-state index in [1.165, 1.54) is 6.07 Å². The first-order valence-electron chi connectivity index (χ1n) is 7.36. The van der Waals surface area contributed by atoms with Crippen molar-refractivity contribution in [2.45, 2.75) is 19.8 Å². The van der Waals surface area contributed by atoms with Gasteiger partial charge in [0.15, 0.2) is 0 Å². The second kappa shape index (κ2) is 9.14. The van der Waals surface area contributed by atoms with Gasteiger partial charge >= 0.3 is 6.03 Å². The van der Waals surface area contributed by atoms with Crippen LogP contribution in [0.4, 0.5) is 16.7 Å². The zero-order chi connectivity index (χ0) is 18.2. The summed E-state index contributed by atoms with van der Waals surface area (Å²) in [6.45, 7) is 2.69. The van der Waals surface area contributed by atoms with Crippen LogP contribution in [-0.4, -0.2) is 44.0 Å². The minimum Gasteiger partial charge on any atom is -0.354 e. The lowest BCUT2D eigenvalue weighted by Gasteiger charge is -2.08. The summed E-state index contributed by atoms with van der Waals surface area (Å²) in [7, 11) is 0. The number of aromatic amines is 1. The standard InChI is InChI=1S/C13H16Cl2N8O2/c1-7-6-8(24)19-12(18-7)23-13(25)17-5-3-2-4-16-11-21-9(14)20-10(15)22-11/h6H,2-5H2,1H3,(H,16,20,21,22)(H3,17,18,19,23,24,25). The first-order chi connectivity index (χ1) is 11.9. The van der Waals surface area contributed by atoms with E-state index in [9.17, 15) is 9.59 Å². The molecule has 134 valence electrons. The fourth-order valence-corrected chi connectivity index (χ4v) is 2.21. The molecule has 0 atom stereocenters. The summed E-state index contributed by atoms with van der Waals surface area (Å²) in [5.74, 6) is 0.401. The van der Waals surface area contributed by atoms with Gasteiger partial charge in [-0.25, -0.2) is 9.78 Å². The number of carbonyl (C=O) groups excluding carboxylic acids is 1. The van der Waals surface area contributed by atoms with Crippen LogP contribution in [0.5, 0.6) is 0 Å². The van der Waals surface area contributed by atoms with Crippen molar-refractivity contribution < 1.29 is 4.79 Å². The summed E-state index contributed by atoms with van der Waals surface area (Å²) < 4.78 is 0. The van der Waals surface area contributed by atoms with Gasteiger partial charge in [-0.05, 0) is 43.0 Å². The molecule has 0 saturated carbocycles. The summed E-state index contributed by atoms with van der Waals surface area (Å²) in [4.78, 5) is 40.8. The number of nitrogens with one attached hydrogen (secondary N) is 4. The molecule has 0 aliphatic heterocycles. The van der Waals surface area contributed by atoms with Crippen molar-refractivity contribution in [2.24, 2.45) is 0 Å². The number of unbranched alkanes of at least 4 members (excludes halogenated alkanes) is 1. The average molecular weight is 387 g/mol. The van der Waals surface area contributed by atoms with Gasteiger partial charge in [0.2, 0.25) is 22.5 Å². The third-order valence-corrected chi connectivity index (χ3v) is 3.19. The van der Waals surface area contributed by atoms with E-state index in [0.717, 1.165) is 6.42 Å². The molecule has 0 aliphatic rings. The smallest absolute Gasteiger partial charge is 0.321 e. The molecule has 10 nitrogen and oxygen atoms in total. The van der Waals surface area contributed by atoms with Gasteiger partial charge in [-0.2, -0.15) is 15.0 Å². The summed E-state index contributed by atoms with van der Waals surface area (Å²) in [5, 5.41) is 8.12. The topological polar surface area (TPSA) is 138 Å². The highest BCUT2D eigenvalue weighted by Gasteiger charge is 2.04. The van der Waals surface area contributed by atoms with Gasteiger partial charge in [-0.3, -0.25) is 15.1 Å². The Labute approximate surface area is 152 Å². The van der Waals surface area contributed by atoms with E-state index in [-0.39, 0.29) is 22.1 Å². The summed E-state index contributed by atoms with van der Waals surface area (Å²) >= 11 is 11.3. The first-order valence-corrected chi connectivity index (χ1v) is 8.12. The monoisotopic (exact) mass is 386 g/mol. The van der Waals surface area contributed by atoms with Crippen molar-refractivity contribution >= 4 is 41.1 Å². The quantitative estimate of drug-likeness (QED) is 0.529. The number of aryl methyl sites for hydroxylation is 1. The number of halogens is 2. The molecule has 0 fully saturated rings. The molecule has 2 rings (SSSR count). The number of nitrogens with zero attached hydrogens (tertiary/aromatic N) is 4. The molecule has 0 radical (unpaired) electrons. The normalized spacial score (nSPS) is 10.4. The molecule has 2 aromatic rings. The Balaban J connectivity index is 1.64. The number of urea groups is 1. The lowest BCUT2D eigenvalue weighted by atomic mass is 10.3. The molecule has 0 saturated heterocycles. The van der Waals surface area contributed by atoms with Crippen LogP contribution >= 0.6 is 23.2 Å². The van der Waals surface area contributed by atoms with Crippen LogP contribution in [-0.2, 0) is 0 Å². The Morgan fingerprint density at radius 2 is 1.80 bits per heavy atom. The summed E-state index contributed by atoms with van der Waals surface area (Å²) in [6.07, 6.45) is 1.46. The number of amides is 2. The molecular formula is C13H16Cl2N8O2. The fourth-order valence-electron chi connectivity index (χ4n) is 1.85. The maximum Gasteiger partial charge on any atom is 0.321 e. The summed E-state index contributed by atoms with van der Waals surface area (Å²) in [6, 6.07) is 0.890. The predicted molar refractivity (Wildman–Crippen MR) is 94.2 cm³/mol. The van der Waals surface area contributed by atoms with Crippen molar-refractivity contribution in [3.8, 4) is 0 Å². The SMILES string of the molecule is Cc1cc(=O)[nH]c(NC(=O)NCCCCNc2nc(Cl)nc(Cl)n2)n1. The van der Waals surface area contributed by atoms with Crippen molar-refractivity contribution in [2.75, 3.05) is 23.7 Å². The maximum absolute atomic E-state index is 11.7. The fraction of sp³-hybridized carbons (Fsp3) is 0.385. The molecule has 25 heavy (non-hydrogen) atoms. The van der Waals surface area contributed by atoms with Gasteiger partial charge in [0, 0.05) is 24.8 Å². The zero-order valence-corrected chi connectivity index (χ0v) is 14.8. The molecule has 2 aromatic heterocycles. The van der Waals surface area contributed by atoms with Crippen molar-refractivity contribution in [1.29, 1.82) is 0 Å². The molecular weight excluding hydrogens is 371 g/mol. The van der Waals surface area contributed by atoms with Gasteiger partial charge in [-0.15, -0.1) is 0 Å². The van der Waals surface area contributed by atoms with Gasteiger partial charge in [0.25, 0.3) is 5.56 Å².